The van der Waals surface area contributed by atoms with E-state index in [1.54, 1.807) is 18.2 Å². The van der Waals surface area contributed by atoms with Gasteiger partial charge < -0.3 is 30.2 Å². The molecule has 0 radical (unpaired) electrons. The van der Waals surface area contributed by atoms with Crippen LogP contribution in [0, 0.1) is 11.7 Å². The fourth-order valence-electron chi connectivity index (χ4n) is 6.32. The number of imidazole rings is 1. The highest BCUT2D eigenvalue weighted by molar-refractivity contribution is 6.00. The number of rotatable bonds is 7. The first kappa shape index (κ1) is 28.9. The van der Waals surface area contributed by atoms with Gasteiger partial charge in [0.2, 0.25) is 5.91 Å². The number of methoxy groups -OCH3 is 1. The molecule has 2 fully saturated rings. The lowest BCUT2D eigenvalue weighted by Crippen LogP contribution is -2.50. The molecular formula is C33H33F2N7O3. The summed E-state index contributed by atoms with van der Waals surface area (Å²) in [6.45, 7) is 0.968. The second-order valence-corrected chi connectivity index (χ2v) is 12.1. The molecule has 0 unspecified atom stereocenters. The van der Waals surface area contributed by atoms with Crippen LogP contribution < -0.4 is 16.2 Å². The van der Waals surface area contributed by atoms with Crippen LogP contribution in [0.15, 0.2) is 48.5 Å². The summed E-state index contributed by atoms with van der Waals surface area (Å²) in [4.78, 5) is 36.5. The summed E-state index contributed by atoms with van der Waals surface area (Å²) < 4.78 is 38.9. The first-order valence-corrected chi connectivity index (χ1v) is 14.9. The molecule has 232 valence electrons. The van der Waals surface area contributed by atoms with Gasteiger partial charge in [0, 0.05) is 48.3 Å². The molecule has 4 N–H and O–H groups in total. The SMILES string of the molecule is COc1cc(C(=O)N2C[C@H](N)C[C@@H](F)C2)cc2nc(-c3cc4ccc(-c5cc(C(N)=O)ccc5F)nc4n3CC3CC3)n(C)c12. The molecule has 1 aliphatic carbocycles. The van der Waals surface area contributed by atoms with E-state index in [4.69, 9.17) is 26.2 Å². The van der Waals surface area contributed by atoms with Gasteiger partial charge in [0.15, 0.2) is 5.82 Å². The molecule has 7 rings (SSSR count). The maximum absolute atomic E-state index is 14.9. The molecular weight excluding hydrogens is 580 g/mol. The Kier molecular flexibility index (Phi) is 7.03. The molecule has 2 amide bonds. The van der Waals surface area contributed by atoms with Crippen molar-refractivity contribution in [3.8, 4) is 28.5 Å². The Balaban J connectivity index is 1.35. The quantitative estimate of drug-likeness (QED) is 0.279. The van der Waals surface area contributed by atoms with Gasteiger partial charge in [0.05, 0.1) is 30.6 Å². The van der Waals surface area contributed by atoms with Gasteiger partial charge in [-0.2, -0.15) is 0 Å². The number of nitrogens with two attached hydrogens (primary N) is 2. The Morgan fingerprint density at radius 3 is 2.56 bits per heavy atom. The number of ether oxygens (including phenoxy) is 1. The monoisotopic (exact) mass is 613 g/mol. The smallest absolute Gasteiger partial charge is 0.254 e. The predicted molar refractivity (Wildman–Crippen MR) is 166 cm³/mol. The molecule has 0 bridgehead atoms. The van der Waals surface area contributed by atoms with Crippen LogP contribution in [0.2, 0.25) is 0 Å². The number of alkyl halides is 1. The van der Waals surface area contributed by atoms with Crippen molar-refractivity contribution < 1.29 is 23.1 Å². The number of nitrogens with zero attached hydrogens (tertiary/aromatic N) is 5. The van der Waals surface area contributed by atoms with Crippen LogP contribution >= 0.6 is 0 Å². The molecule has 12 heteroatoms. The van der Waals surface area contributed by atoms with E-state index in [2.05, 4.69) is 4.57 Å². The van der Waals surface area contributed by atoms with Crippen LogP contribution in [0.25, 0.3) is 44.8 Å². The van der Waals surface area contributed by atoms with Gasteiger partial charge in [-0.15, -0.1) is 0 Å². The summed E-state index contributed by atoms with van der Waals surface area (Å²) in [7, 11) is 3.42. The molecule has 5 aromatic rings. The van der Waals surface area contributed by atoms with Crippen LogP contribution in [0.4, 0.5) is 8.78 Å². The van der Waals surface area contributed by atoms with E-state index in [0.717, 1.165) is 23.9 Å². The first-order chi connectivity index (χ1) is 21.6. The van der Waals surface area contributed by atoms with Crippen molar-refractivity contribution in [2.75, 3.05) is 20.2 Å². The first-order valence-electron chi connectivity index (χ1n) is 14.9. The van der Waals surface area contributed by atoms with Crippen molar-refractivity contribution >= 4 is 33.9 Å². The summed E-state index contributed by atoms with van der Waals surface area (Å²) in [6, 6.07) is 12.5. The minimum Gasteiger partial charge on any atom is -0.494 e. The zero-order valence-corrected chi connectivity index (χ0v) is 25.0. The van der Waals surface area contributed by atoms with Crippen LogP contribution in [-0.2, 0) is 13.6 Å². The number of hydrogen-bond acceptors (Lipinski definition) is 6. The standard InChI is InChI=1S/C33H33F2N7O3/c1-40-29-26(10-20(12-28(29)45-2)33(44)41-15-21(34)13-22(36)16-41)39-32(40)27-11-19-6-8-25(38-31(19)42(27)14-17-3-4-17)23-9-18(30(37)43)5-7-24(23)35/h5-12,17,21-22H,3-4,13-16,36H2,1-2H3,(H2,37,43)/t21-,22-/m1/s1. The van der Waals surface area contributed by atoms with E-state index in [-0.39, 0.29) is 36.5 Å². The number of fused-ring (bicyclic) bond motifs is 2. The number of likely N-dealkylation sites (tertiary alicyclic amines) is 1. The van der Waals surface area contributed by atoms with Crippen molar-refractivity contribution in [3.63, 3.8) is 0 Å². The van der Waals surface area contributed by atoms with Crippen LogP contribution in [0.1, 0.15) is 40.0 Å². The molecule has 2 aromatic carbocycles. The average molecular weight is 614 g/mol. The van der Waals surface area contributed by atoms with Crippen molar-refractivity contribution in [3.05, 3.63) is 65.5 Å². The van der Waals surface area contributed by atoms with E-state index in [1.807, 2.05) is 23.7 Å². The molecule has 10 nitrogen and oxygen atoms in total. The molecule has 4 heterocycles. The molecule has 3 aromatic heterocycles. The van der Waals surface area contributed by atoms with E-state index in [1.165, 1.54) is 30.2 Å². The van der Waals surface area contributed by atoms with E-state index in [0.29, 0.717) is 52.0 Å². The van der Waals surface area contributed by atoms with E-state index >= 15 is 0 Å². The number of benzene rings is 2. The highest BCUT2D eigenvalue weighted by Gasteiger charge is 2.31. The van der Waals surface area contributed by atoms with Gasteiger partial charge in [-0.1, -0.05) is 0 Å². The summed E-state index contributed by atoms with van der Waals surface area (Å²) in [5, 5.41) is 0.845. The number of carbonyl (C=O) groups is 2. The van der Waals surface area contributed by atoms with E-state index < -0.39 is 23.9 Å². The van der Waals surface area contributed by atoms with Gasteiger partial charge in [0.1, 0.15) is 28.9 Å². The summed E-state index contributed by atoms with van der Waals surface area (Å²) in [5.74, 6) is 0.0960. The Morgan fingerprint density at radius 2 is 1.84 bits per heavy atom. The van der Waals surface area contributed by atoms with Crippen molar-refractivity contribution in [2.45, 2.75) is 38.0 Å². The number of halogens is 2. The average Bonchev–Trinajstić information content (AvgIpc) is 3.69. The maximum atomic E-state index is 14.9. The van der Waals surface area contributed by atoms with Gasteiger partial charge >= 0.3 is 0 Å². The van der Waals surface area contributed by atoms with Crippen molar-refractivity contribution in [1.82, 2.24) is 24.0 Å². The molecule has 1 saturated heterocycles. The number of primary amides is 1. The number of aryl methyl sites for hydroxylation is 1. The fourth-order valence-corrected chi connectivity index (χ4v) is 6.32. The molecule has 2 aliphatic rings. The number of aromatic nitrogens is 4. The van der Waals surface area contributed by atoms with Crippen molar-refractivity contribution in [2.24, 2.45) is 24.4 Å². The van der Waals surface area contributed by atoms with Crippen LogP contribution in [0.5, 0.6) is 5.75 Å². The topological polar surface area (TPSA) is 134 Å². The zero-order chi connectivity index (χ0) is 31.6. The predicted octanol–water partition coefficient (Wildman–Crippen LogP) is 4.42. The van der Waals surface area contributed by atoms with Crippen molar-refractivity contribution in [1.29, 1.82) is 0 Å². The second-order valence-electron chi connectivity index (χ2n) is 12.1. The molecule has 1 aliphatic heterocycles. The largest absolute Gasteiger partial charge is 0.494 e. The normalized spacial score (nSPS) is 18.6. The highest BCUT2D eigenvalue weighted by Crippen LogP contribution is 2.38. The minimum atomic E-state index is -1.17. The fraction of sp³-hybridized carbons (Fsp3) is 0.333. The van der Waals surface area contributed by atoms with Crippen LogP contribution in [-0.4, -0.2) is 68.2 Å². The third kappa shape index (κ3) is 5.18. The Bertz CT molecular complexity index is 1990. The lowest BCUT2D eigenvalue weighted by molar-refractivity contribution is 0.0606. The van der Waals surface area contributed by atoms with Gasteiger partial charge in [0.25, 0.3) is 5.91 Å². The minimum absolute atomic E-state index is 0.00661. The second kappa shape index (κ2) is 11.0. The summed E-state index contributed by atoms with van der Waals surface area (Å²) in [5.41, 5.74) is 15.3. The number of piperidine rings is 1. The zero-order valence-electron chi connectivity index (χ0n) is 25.0. The lowest BCUT2D eigenvalue weighted by atomic mass is 10.0. The Hall–Kier alpha value is -4.84. The Morgan fingerprint density at radius 1 is 1.04 bits per heavy atom. The van der Waals surface area contributed by atoms with Gasteiger partial charge in [-0.25, -0.2) is 18.7 Å². The summed E-state index contributed by atoms with van der Waals surface area (Å²) >= 11 is 0. The molecule has 2 atom stereocenters. The van der Waals surface area contributed by atoms with Gasteiger partial charge in [-0.3, -0.25) is 9.59 Å². The van der Waals surface area contributed by atoms with Gasteiger partial charge in [-0.05, 0) is 73.7 Å². The number of pyridine rings is 1. The number of hydrogen-bond donors (Lipinski definition) is 2. The van der Waals surface area contributed by atoms with Crippen LogP contribution in [0.3, 0.4) is 0 Å². The summed E-state index contributed by atoms with van der Waals surface area (Å²) in [6.07, 6.45) is 1.25. The number of carbonyl (C=O) groups excluding carboxylic acids is 2. The Labute approximate surface area is 257 Å². The third-order valence-electron chi connectivity index (χ3n) is 8.76. The number of amides is 2. The maximum Gasteiger partial charge on any atom is 0.254 e. The lowest BCUT2D eigenvalue weighted by Gasteiger charge is -2.33. The highest BCUT2D eigenvalue weighted by atomic mass is 19.1. The van der Waals surface area contributed by atoms with E-state index in [9.17, 15) is 18.4 Å². The molecule has 0 spiro atoms. The third-order valence-corrected chi connectivity index (χ3v) is 8.76. The molecule has 1 saturated carbocycles. The molecule has 45 heavy (non-hydrogen) atoms.